The SMILES string of the molecule is NC(=O)c1cccc(NC(=O)c2c[nH+]c3ccccc3c2)c1. The number of hydrogen-bond donors (Lipinski definition) is 2. The van der Waals surface area contributed by atoms with Crippen molar-refractivity contribution in [3.8, 4) is 0 Å². The number of pyridine rings is 1. The Bertz CT molecular complexity index is 874. The molecule has 1 aromatic heterocycles. The van der Waals surface area contributed by atoms with E-state index in [2.05, 4.69) is 10.3 Å². The highest BCUT2D eigenvalue weighted by Crippen LogP contribution is 2.14. The monoisotopic (exact) mass is 292 g/mol. The standard InChI is InChI=1S/C17H13N3O2/c18-16(21)12-5-3-6-14(9-12)20-17(22)13-8-11-4-1-2-7-15(11)19-10-13/h1-10H,(H2,18,21)(H,20,22)/p+1. The van der Waals surface area contributed by atoms with Crippen molar-refractivity contribution in [2.45, 2.75) is 0 Å². The molecule has 0 fully saturated rings. The molecular weight excluding hydrogens is 278 g/mol. The Hall–Kier alpha value is -3.21. The fraction of sp³-hybridized carbons (Fsp3) is 0. The molecule has 0 radical (unpaired) electrons. The maximum absolute atomic E-state index is 12.3. The summed E-state index contributed by atoms with van der Waals surface area (Å²) in [6, 6.07) is 16.0. The number of benzene rings is 2. The molecule has 0 spiro atoms. The van der Waals surface area contributed by atoms with E-state index < -0.39 is 5.91 Å². The highest BCUT2D eigenvalue weighted by Gasteiger charge is 2.11. The van der Waals surface area contributed by atoms with Gasteiger partial charge in [0.05, 0.1) is 0 Å². The summed E-state index contributed by atoms with van der Waals surface area (Å²) in [5, 5.41) is 3.70. The van der Waals surface area contributed by atoms with Crippen LogP contribution in [-0.4, -0.2) is 11.8 Å². The lowest BCUT2D eigenvalue weighted by molar-refractivity contribution is -0.344. The number of hydrogen-bond acceptors (Lipinski definition) is 2. The third kappa shape index (κ3) is 2.78. The average Bonchev–Trinajstić information content (AvgIpc) is 2.54. The fourth-order valence-electron chi connectivity index (χ4n) is 2.20. The molecular formula is C17H14N3O2+. The summed E-state index contributed by atoms with van der Waals surface area (Å²) < 4.78 is 0. The zero-order valence-corrected chi connectivity index (χ0v) is 11.7. The van der Waals surface area contributed by atoms with Gasteiger partial charge in [-0.2, -0.15) is 0 Å². The van der Waals surface area contributed by atoms with E-state index in [1.54, 1.807) is 36.5 Å². The minimum absolute atomic E-state index is 0.261. The number of carbonyl (C=O) groups is 2. The van der Waals surface area contributed by atoms with Gasteiger partial charge in [-0.3, -0.25) is 9.59 Å². The zero-order chi connectivity index (χ0) is 15.5. The number of carbonyl (C=O) groups excluding carboxylic acids is 2. The Morgan fingerprint density at radius 3 is 2.59 bits per heavy atom. The van der Waals surface area contributed by atoms with Crippen LogP contribution in [-0.2, 0) is 0 Å². The van der Waals surface area contributed by atoms with Gasteiger partial charge < -0.3 is 11.1 Å². The van der Waals surface area contributed by atoms with Gasteiger partial charge >= 0.3 is 0 Å². The van der Waals surface area contributed by atoms with E-state index in [1.807, 2.05) is 24.3 Å². The van der Waals surface area contributed by atoms with E-state index >= 15 is 0 Å². The van der Waals surface area contributed by atoms with Gasteiger partial charge in [-0.25, -0.2) is 4.98 Å². The molecule has 3 aromatic rings. The normalized spacial score (nSPS) is 10.4. The highest BCUT2D eigenvalue weighted by atomic mass is 16.2. The predicted molar refractivity (Wildman–Crippen MR) is 83.4 cm³/mol. The molecule has 2 aromatic carbocycles. The van der Waals surface area contributed by atoms with E-state index in [9.17, 15) is 9.59 Å². The second-order valence-corrected chi connectivity index (χ2v) is 4.87. The van der Waals surface area contributed by atoms with Crippen LogP contribution in [0.15, 0.2) is 60.8 Å². The van der Waals surface area contributed by atoms with Crippen LogP contribution in [0.5, 0.6) is 0 Å². The Balaban J connectivity index is 1.86. The van der Waals surface area contributed by atoms with Crippen molar-refractivity contribution in [2.24, 2.45) is 5.73 Å². The smallest absolute Gasteiger partial charge is 0.261 e. The molecule has 0 aliphatic heterocycles. The second kappa shape index (κ2) is 5.65. The van der Waals surface area contributed by atoms with Gasteiger partial charge in [-0.15, -0.1) is 0 Å². The van der Waals surface area contributed by atoms with Crippen LogP contribution in [0, 0.1) is 0 Å². The van der Waals surface area contributed by atoms with Crippen molar-refractivity contribution in [1.29, 1.82) is 0 Å². The van der Waals surface area contributed by atoms with Crippen LogP contribution in [0.25, 0.3) is 10.9 Å². The van der Waals surface area contributed by atoms with Crippen molar-refractivity contribution in [1.82, 2.24) is 0 Å². The summed E-state index contributed by atoms with van der Waals surface area (Å²) in [6.07, 6.45) is 1.65. The van der Waals surface area contributed by atoms with Crippen LogP contribution in [0.2, 0.25) is 0 Å². The number of primary amides is 1. The molecule has 0 saturated heterocycles. The van der Waals surface area contributed by atoms with E-state index in [0.717, 1.165) is 10.9 Å². The van der Waals surface area contributed by atoms with Crippen LogP contribution < -0.4 is 16.0 Å². The number of para-hydroxylation sites is 1. The lowest BCUT2D eigenvalue weighted by atomic mass is 10.1. The number of nitrogens with two attached hydrogens (primary N) is 1. The van der Waals surface area contributed by atoms with Gasteiger partial charge in [-0.1, -0.05) is 18.2 Å². The third-order valence-electron chi connectivity index (χ3n) is 3.32. The van der Waals surface area contributed by atoms with Crippen molar-refractivity contribution in [3.05, 3.63) is 71.9 Å². The third-order valence-corrected chi connectivity index (χ3v) is 3.32. The first kappa shape index (κ1) is 13.8. The highest BCUT2D eigenvalue weighted by molar-refractivity contribution is 6.06. The number of anilines is 1. The molecule has 5 heteroatoms. The Morgan fingerprint density at radius 1 is 0.955 bits per heavy atom. The van der Waals surface area contributed by atoms with Crippen LogP contribution >= 0.6 is 0 Å². The summed E-state index contributed by atoms with van der Waals surface area (Å²) in [4.78, 5) is 26.5. The second-order valence-electron chi connectivity index (χ2n) is 4.87. The Morgan fingerprint density at radius 2 is 1.77 bits per heavy atom. The van der Waals surface area contributed by atoms with Gasteiger partial charge in [0.1, 0.15) is 5.56 Å². The lowest BCUT2D eigenvalue weighted by Gasteiger charge is -2.05. The molecule has 0 atom stereocenters. The summed E-state index contributed by atoms with van der Waals surface area (Å²) in [5.74, 6) is -0.793. The number of amides is 2. The molecule has 0 saturated carbocycles. The van der Waals surface area contributed by atoms with Crippen molar-refractivity contribution in [3.63, 3.8) is 0 Å². The lowest BCUT2D eigenvalue weighted by Crippen LogP contribution is -2.17. The molecule has 22 heavy (non-hydrogen) atoms. The molecule has 0 unspecified atom stereocenters. The molecule has 0 bridgehead atoms. The maximum Gasteiger partial charge on any atom is 0.261 e. The number of fused-ring (bicyclic) bond motifs is 1. The van der Waals surface area contributed by atoms with E-state index in [0.29, 0.717) is 16.8 Å². The first-order chi connectivity index (χ1) is 10.6. The van der Waals surface area contributed by atoms with Gasteiger partial charge in [-0.05, 0) is 30.3 Å². The number of aromatic nitrogens is 1. The minimum atomic E-state index is -0.532. The van der Waals surface area contributed by atoms with Gasteiger partial charge in [0.25, 0.3) is 5.91 Å². The summed E-state index contributed by atoms with van der Waals surface area (Å²) in [6.45, 7) is 0. The molecule has 1 heterocycles. The van der Waals surface area contributed by atoms with Crippen LogP contribution in [0.4, 0.5) is 5.69 Å². The molecule has 3 rings (SSSR count). The zero-order valence-electron chi connectivity index (χ0n) is 11.7. The van der Waals surface area contributed by atoms with Crippen molar-refractivity contribution in [2.75, 3.05) is 5.32 Å². The number of nitrogens with one attached hydrogen (secondary N) is 2. The minimum Gasteiger partial charge on any atom is -0.366 e. The fourth-order valence-corrected chi connectivity index (χ4v) is 2.20. The van der Waals surface area contributed by atoms with E-state index in [4.69, 9.17) is 5.73 Å². The first-order valence-corrected chi connectivity index (χ1v) is 6.75. The van der Waals surface area contributed by atoms with Crippen LogP contribution in [0.1, 0.15) is 20.7 Å². The predicted octanol–water partition coefficient (Wildman–Crippen LogP) is 2.01. The largest absolute Gasteiger partial charge is 0.366 e. The first-order valence-electron chi connectivity index (χ1n) is 6.75. The molecule has 5 nitrogen and oxygen atoms in total. The summed E-state index contributed by atoms with van der Waals surface area (Å²) in [5.41, 5.74) is 7.56. The molecule has 2 amide bonds. The number of aromatic amines is 1. The van der Waals surface area contributed by atoms with Gasteiger partial charge in [0.15, 0.2) is 6.20 Å². The molecule has 0 aliphatic carbocycles. The number of rotatable bonds is 3. The van der Waals surface area contributed by atoms with Crippen molar-refractivity contribution >= 4 is 28.4 Å². The quantitative estimate of drug-likeness (QED) is 0.773. The van der Waals surface area contributed by atoms with Gasteiger partial charge in [0, 0.05) is 22.7 Å². The van der Waals surface area contributed by atoms with E-state index in [1.165, 1.54) is 0 Å². The van der Waals surface area contributed by atoms with Crippen molar-refractivity contribution < 1.29 is 14.6 Å². The maximum atomic E-state index is 12.3. The Labute approximate surface area is 126 Å². The summed E-state index contributed by atoms with van der Waals surface area (Å²) in [7, 11) is 0. The molecule has 0 aliphatic rings. The number of H-pyrrole nitrogens is 1. The summed E-state index contributed by atoms with van der Waals surface area (Å²) >= 11 is 0. The van der Waals surface area contributed by atoms with Crippen LogP contribution in [0.3, 0.4) is 0 Å². The van der Waals surface area contributed by atoms with E-state index in [-0.39, 0.29) is 5.91 Å². The molecule has 108 valence electrons. The topological polar surface area (TPSA) is 86.3 Å². The average molecular weight is 292 g/mol. The molecule has 4 N–H and O–H groups in total. The van der Waals surface area contributed by atoms with Gasteiger partial charge in [0.2, 0.25) is 11.4 Å². The Kier molecular flexibility index (Phi) is 3.53.